The molecule has 5 heteroatoms. The summed E-state index contributed by atoms with van der Waals surface area (Å²) in [5, 5.41) is 14.6. The van der Waals surface area contributed by atoms with Crippen LogP contribution in [0.15, 0.2) is 6.33 Å². The van der Waals surface area contributed by atoms with Gasteiger partial charge in [0.15, 0.2) is 0 Å². The molecule has 1 aliphatic heterocycles. The van der Waals surface area contributed by atoms with Gasteiger partial charge in [0.2, 0.25) is 0 Å². The molecule has 0 amide bonds. The third kappa shape index (κ3) is 2.41. The minimum Gasteiger partial charge on any atom is -0.388 e. The second-order valence-corrected chi connectivity index (χ2v) is 4.79. The van der Waals surface area contributed by atoms with E-state index in [1.807, 2.05) is 11.7 Å². The molecule has 0 saturated carbocycles. The smallest absolute Gasteiger partial charge is 0.138 e. The minimum absolute atomic E-state index is 0.608. The van der Waals surface area contributed by atoms with Crippen LogP contribution in [0.3, 0.4) is 0 Å². The van der Waals surface area contributed by atoms with Gasteiger partial charge in [-0.2, -0.15) is 5.10 Å². The highest BCUT2D eigenvalue weighted by molar-refractivity contribution is 4.99. The summed E-state index contributed by atoms with van der Waals surface area (Å²) in [6.45, 7) is 4.68. The molecule has 2 rings (SSSR count). The van der Waals surface area contributed by atoms with Gasteiger partial charge in [-0.1, -0.05) is 6.92 Å². The van der Waals surface area contributed by atoms with Crippen molar-refractivity contribution >= 4 is 0 Å². The van der Waals surface area contributed by atoms with Crippen LogP contribution in [0.4, 0.5) is 0 Å². The number of hydrogen-bond acceptors (Lipinski definition) is 4. The summed E-state index contributed by atoms with van der Waals surface area (Å²) in [6, 6.07) is 0. The standard InChI is InChI=1S/C11H20N4O/c1-3-5-15-10(12-9-13-15)7-11(16)4-6-14(2)8-11/h9,16H,3-8H2,1-2H3. The molecule has 0 bridgehead atoms. The Balaban J connectivity index is 2.05. The van der Waals surface area contributed by atoms with E-state index in [1.165, 1.54) is 0 Å². The number of likely N-dealkylation sites (tertiary alicyclic amines) is 1. The Morgan fingerprint density at radius 1 is 1.56 bits per heavy atom. The van der Waals surface area contributed by atoms with Gasteiger partial charge in [0.05, 0.1) is 5.60 Å². The lowest BCUT2D eigenvalue weighted by atomic mass is 9.98. The van der Waals surface area contributed by atoms with Crippen molar-refractivity contribution < 1.29 is 5.11 Å². The van der Waals surface area contributed by atoms with Gasteiger partial charge in [0, 0.05) is 26.1 Å². The summed E-state index contributed by atoms with van der Waals surface area (Å²) in [5.74, 6) is 0.902. The maximum Gasteiger partial charge on any atom is 0.138 e. The van der Waals surface area contributed by atoms with E-state index in [-0.39, 0.29) is 0 Å². The molecular formula is C11H20N4O. The van der Waals surface area contributed by atoms with Gasteiger partial charge in [0.1, 0.15) is 12.2 Å². The van der Waals surface area contributed by atoms with E-state index in [4.69, 9.17) is 0 Å². The molecule has 0 aromatic carbocycles. The Morgan fingerprint density at radius 2 is 2.38 bits per heavy atom. The normalized spacial score (nSPS) is 26.4. The van der Waals surface area contributed by atoms with Gasteiger partial charge < -0.3 is 10.0 Å². The molecule has 5 nitrogen and oxygen atoms in total. The zero-order valence-corrected chi connectivity index (χ0v) is 10.1. The average Bonchev–Trinajstić information content (AvgIpc) is 2.76. The Hall–Kier alpha value is -0.940. The van der Waals surface area contributed by atoms with Crippen molar-refractivity contribution in [2.75, 3.05) is 20.1 Å². The Bertz CT molecular complexity index is 352. The molecule has 0 aliphatic carbocycles. The molecule has 1 N–H and O–H groups in total. The van der Waals surface area contributed by atoms with Crippen molar-refractivity contribution in [2.45, 2.75) is 38.3 Å². The molecule has 1 saturated heterocycles. The fraction of sp³-hybridized carbons (Fsp3) is 0.818. The van der Waals surface area contributed by atoms with Crippen LogP contribution in [0.5, 0.6) is 0 Å². The molecule has 0 radical (unpaired) electrons. The summed E-state index contributed by atoms with van der Waals surface area (Å²) in [7, 11) is 2.04. The molecule has 1 unspecified atom stereocenters. The predicted octanol–water partition coefficient (Wildman–Crippen LogP) is 0.297. The Kier molecular flexibility index (Phi) is 3.25. The fourth-order valence-corrected chi connectivity index (χ4v) is 2.32. The molecule has 0 spiro atoms. The highest BCUT2D eigenvalue weighted by atomic mass is 16.3. The fourth-order valence-electron chi connectivity index (χ4n) is 2.32. The summed E-state index contributed by atoms with van der Waals surface area (Å²) in [5.41, 5.74) is -0.618. The predicted molar refractivity (Wildman–Crippen MR) is 61.1 cm³/mol. The first kappa shape index (κ1) is 11.5. The average molecular weight is 224 g/mol. The third-order valence-corrected chi connectivity index (χ3v) is 3.14. The lowest BCUT2D eigenvalue weighted by molar-refractivity contribution is 0.0492. The molecule has 90 valence electrons. The minimum atomic E-state index is -0.618. The van der Waals surface area contributed by atoms with Crippen LogP contribution in [-0.4, -0.2) is 50.5 Å². The van der Waals surface area contributed by atoms with E-state index < -0.39 is 5.60 Å². The second-order valence-electron chi connectivity index (χ2n) is 4.79. The molecule has 1 atom stereocenters. The second kappa shape index (κ2) is 4.51. The monoisotopic (exact) mass is 224 g/mol. The van der Waals surface area contributed by atoms with Crippen molar-refractivity contribution in [3.05, 3.63) is 12.2 Å². The molecule has 1 aromatic heterocycles. The number of likely N-dealkylation sites (N-methyl/N-ethyl adjacent to an activating group) is 1. The SMILES string of the molecule is CCCn1ncnc1CC1(O)CCN(C)C1. The van der Waals surface area contributed by atoms with Crippen LogP contribution in [0, 0.1) is 0 Å². The number of nitrogens with zero attached hydrogens (tertiary/aromatic N) is 4. The van der Waals surface area contributed by atoms with E-state index in [1.54, 1.807) is 6.33 Å². The number of aliphatic hydroxyl groups is 1. The number of aromatic nitrogens is 3. The number of rotatable bonds is 4. The van der Waals surface area contributed by atoms with E-state index in [9.17, 15) is 5.11 Å². The van der Waals surface area contributed by atoms with Crippen molar-refractivity contribution in [3.8, 4) is 0 Å². The van der Waals surface area contributed by atoms with E-state index in [0.717, 1.165) is 38.3 Å². The number of aryl methyl sites for hydroxylation is 1. The molecule has 2 heterocycles. The largest absolute Gasteiger partial charge is 0.388 e. The molecule has 1 aliphatic rings. The quantitative estimate of drug-likeness (QED) is 0.799. The molecule has 1 aromatic rings. The van der Waals surface area contributed by atoms with Crippen LogP contribution >= 0.6 is 0 Å². The number of β-amino-alcohol motifs (C(OH)–C–C–N with tert-alkyl or cyclic N) is 1. The van der Waals surface area contributed by atoms with Gasteiger partial charge in [-0.3, -0.25) is 4.68 Å². The van der Waals surface area contributed by atoms with Crippen LogP contribution in [0.1, 0.15) is 25.6 Å². The van der Waals surface area contributed by atoms with Crippen molar-refractivity contribution in [3.63, 3.8) is 0 Å². The maximum atomic E-state index is 10.4. The topological polar surface area (TPSA) is 54.2 Å². The van der Waals surface area contributed by atoms with Gasteiger partial charge in [-0.05, 0) is 19.9 Å². The lowest BCUT2D eigenvalue weighted by Crippen LogP contribution is -2.35. The summed E-state index contributed by atoms with van der Waals surface area (Å²) >= 11 is 0. The first-order chi connectivity index (χ1) is 7.63. The van der Waals surface area contributed by atoms with Crippen molar-refractivity contribution in [1.29, 1.82) is 0 Å². The summed E-state index contributed by atoms with van der Waals surface area (Å²) < 4.78 is 1.90. The lowest BCUT2D eigenvalue weighted by Gasteiger charge is -2.21. The van der Waals surface area contributed by atoms with Gasteiger partial charge in [0.25, 0.3) is 0 Å². The van der Waals surface area contributed by atoms with Crippen LogP contribution < -0.4 is 0 Å². The zero-order chi connectivity index (χ0) is 11.6. The molecule has 16 heavy (non-hydrogen) atoms. The van der Waals surface area contributed by atoms with E-state index in [2.05, 4.69) is 21.9 Å². The van der Waals surface area contributed by atoms with Gasteiger partial charge >= 0.3 is 0 Å². The van der Waals surface area contributed by atoms with Crippen molar-refractivity contribution in [2.24, 2.45) is 0 Å². The number of hydrogen-bond donors (Lipinski definition) is 1. The first-order valence-electron chi connectivity index (χ1n) is 5.90. The van der Waals surface area contributed by atoms with Crippen LogP contribution in [-0.2, 0) is 13.0 Å². The molecular weight excluding hydrogens is 204 g/mol. The van der Waals surface area contributed by atoms with Crippen molar-refractivity contribution in [1.82, 2.24) is 19.7 Å². The van der Waals surface area contributed by atoms with Gasteiger partial charge in [-0.25, -0.2) is 4.98 Å². The first-order valence-corrected chi connectivity index (χ1v) is 5.90. The van der Waals surface area contributed by atoms with E-state index >= 15 is 0 Å². The summed E-state index contributed by atoms with van der Waals surface area (Å²) in [4.78, 5) is 6.40. The van der Waals surface area contributed by atoms with Crippen LogP contribution in [0.2, 0.25) is 0 Å². The Morgan fingerprint density at radius 3 is 3.00 bits per heavy atom. The Labute approximate surface area is 96.1 Å². The highest BCUT2D eigenvalue weighted by Gasteiger charge is 2.35. The van der Waals surface area contributed by atoms with E-state index in [0.29, 0.717) is 6.42 Å². The zero-order valence-electron chi connectivity index (χ0n) is 10.1. The van der Waals surface area contributed by atoms with Gasteiger partial charge in [-0.15, -0.1) is 0 Å². The summed E-state index contributed by atoms with van der Waals surface area (Å²) in [6.07, 6.45) is 4.04. The molecule has 1 fully saturated rings. The maximum absolute atomic E-state index is 10.4. The van der Waals surface area contributed by atoms with Crippen LogP contribution in [0.25, 0.3) is 0 Å². The third-order valence-electron chi connectivity index (χ3n) is 3.14. The highest BCUT2D eigenvalue weighted by Crippen LogP contribution is 2.23.